The van der Waals surface area contributed by atoms with Crippen molar-refractivity contribution in [2.24, 2.45) is 0 Å². The molecule has 1 saturated heterocycles. The first-order valence-corrected chi connectivity index (χ1v) is 4.87. The van der Waals surface area contributed by atoms with Gasteiger partial charge in [-0.05, 0) is 12.1 Å². The summed E-state index contributed by atoms with van der Waals surface area (Å²) in [5.74, 6) is 0.979. The summed E-state index contributed by atoms with van der Waals surface area (Å²) in [6, 6.07) is 3.84. The Morgan fingerprint density at radius 3 is 2.69 bits per heavy atom. The van der Waals surface area contributed by atoms with Crippen LogP contribution in [0.15, 0.2) is 21.6 Å². The van der Waals surface area contributed by atoms with Crippen molar-refractivity contribution in [1.82, 2.24) is 4.90 Å². The molecule has 0 saturated carbocycles. The fourth-order valence-electron chi connectivity index (χ4n) is 1.43. The van der Waals surface area contributed by atoms with Gasteiger partial charge in [0.05, 0.1) is 19.8 Å². The molecule has 4 heteroatoms. The Balaban J connectivity index is 1.89. The van der Waals surface area contributed by atoms with Crippen LogP contribution in [0, 0.1) is 0 Å². The molecule has 0 aliphatic carbocycles. The van der Waals surface area contributed by atoms with Crippen molar-refractivity contribution in [3.8, 4) is 0 Å². The molecule has 13 heavy (non-hydrogen) atoms. The standard InChI is InChI=1S/C9H13NO2S/c13-9-2-1-8(12-9)7-10-3-5-11-6-4-10/h1-2,13H,3-7H2. The van der Waals surface area contributed by atoms with Crippen LogP contribution in [0.5, 0.6) is 0 Å². The van der Waals surface area contributed by atoms with Crippen molar-refractivity contribution in [2.75, 3.05) is 26.3 Å². The number of thiol groups is 1. The third-order valence-electron chi connectivity index (χ3n) is 2.13. The Bertz CT molecular complexity index is 268. The molecule has 72 valence electrons. The van der Waals surface area contributed by atoms with Crippen LogP contribution in [0.2, 0.25) is 0 Å². The van der Waals surface area contributed by atoms with E-state index in [-0.39, 0.29) is 0 Å². The normalized spacial score (nSPS) is 19.2. The number of rotatable bonds is 2. The molecule has 2 heterocycles. The van der Waals surface area contributed by atoms with Crippen LogP contribution in [0.1, 0.15) is 5.76 Å². The third kappa shape index (κ3) is 2.49. The van der Waals surface area contributed by atoms with Gasteiger partial charge in [0, 0.05) is 13.1 Å². The Hall–Kier alpha value is -0.450. The van der Waals surface area contributed by atoms with E-state index in [1.807, 2.05) is 12.1 Å². The largest absolute Gasteiger partial charge is 0.454 e. The van der Waals surface area contributed by atoms with Gasteiger partial charge >= 0.3 is 0 Å². The molecule has 0 radical (unpaired) electrons. The average molecular weight is 199 g/mol. The molecule has 0 atom stereocenters. The molecule has 0 aromatic carbocycles. The minimum atomic E-state index is 0.684. The van der Waals surface area contributed by atoms with E-state index in [0.717, 1.165) is 38.6 Å². The summed E-state index contributed by atoms with van der Waals surface area (Å²) in [4.78, 5) is 2.32. The fourth-order valence-corrected chi connectivity index (χ4v) is 1.62. The minimum absolute atomic E-state index is 0.684. The first-order valence-electron chi connectivity index (χ1n) is 4.42. The Labute approximate surface area is 83.1 Å². The van der Waals surface area contributed by atoms with E-state index >= 15 is 0 Å². The second-order valence-corrected chi connectivity index (χ2v) is 3.57. The average Bonchev–Trinajstić information content (AvgIpc) is 2.53. The van der Waals surface area contributed by atoms with E-state index in [1.54, 1.807) is 0 Å². The number of ether oxygens (including phenoxy) is 1. The molecule has 1 aliphatic rings. The van der Waals surface area contributed by atoms with Gasteiger partial charge in [-0.2, -0.15) is 0 Å². The molecule has 0 amide bonds. The number of hydrogen-bond donors (Lipinski definition) is 1. The fraction of sp³-hybridized carbons (Fsp3) is 0.556. The van der Waals surface area contributed by atoms with Gasteiger partial charge in [0.15, 0.2) is 5.09 Å². The maximum atomic E-state index is 5.37. The minimum Gasteiger partial charge on any atom is -0.454 e. The van der Waals surface area contributed by atoms with E-state index < -0.39 is 0 Å². The predicted molar refractivity (Wildman–Crippen MR) is 52.1 cm³/mol. The highest BCUT2D eigenvalue weighted by molar-refractivity contribution is 7.80. The molecule has 0 spiro atoms. The first kappa shape index (κ1) is 9.12. The van der Waals surface area contributed by atoms with Crippen LogP contribution >= 0.6 is 12.6 Å². The summed E-state index contributed by atoms with van der Waals surface area (Å²) in [6.07, 6.45) is 0. The van der Waals surface area contributed by atoms with E-state index in [9.17, 15) is 0 Å². The molecular weight excluding hydrogens is 186 g/mol. The number of morpholine rings is 1. The molecular formula is C9H13NO2S. The lowest BCUT2D eigenvalue weighted by Gasteiger charge is -2.25. The van der Waals surface area contributed by atoms with Crippen LogP contribution in [-0.2, 0) is 11.3 Å². The zero-order valence-electron chi connectivity index (χ0n) is 7.40. The van der Waals surface area contributed by atoms with Gasteiger partial charge in [0.25, 0.3) is 0 Å². The highest BCUT2D eigenvalue weighted by atomic mass is 32.1. The topological polar surface area (TPSA) is 25.6 Å². The quantitative estimate of drug-likeness (QED) is 0.729. The molecule has 1 aromatic heterocycles. The maximum absolute atomic E-state index is 5.37. The number of hydrogen-bond acceptors (Lipinski definition) is 4. The summed E-state index contributed by atoms with van der Waals surface area (Å²) in [5.41, 5.74) is 0. The lowest BCUT2D eigenvalue weighted by molar-refractivity contribution is 0.0309. The number of furan rings is 1. The van der Waals surface area contributed by atoms with Crippen molar-refractivity contribution >= 4 is 12.6 Å². The molecule has 3 nitrogen and oxygen atoms in total. The lowest BCUT2D eigenvalue weighted by atomic mass is 10.3. The zero-order valence-corrected chi connectivity index (χ0v) is 8.30. The van der Waals surface area contributed by atoms with Gasteiger partial charge in [0.1, 0.15) is 5.76 Å². The summed E-state index contributed by atoms with van der Waals surface area (Å²) in [6.45, 7) is 4.50. The van der Waals surface area contributed by atoms with E-state index in [2.05, 4.69) is 17.5 Å². The van der Waals surface area contributed by atoms with Crippen LogP contribution < -0.4 is 0 Å². The highest BCUT2D eigenvalue weighted by Crippen LogP contribution is 2.13. The van der Waals surface area contributed by atoms with Crippen molar-refractivity contribution in [2.45, 2.75) is 11.6 Å². The Kier molecular flexibility index (Phi) is 2.93. The van der Waals surface area contributed by atoms with Gasteiger partial charge in [-0.25, -0.2) is 0 Å². The summed E-state index contributed by atoms with van der Waals surface area (Å²) < 4.78 is 10.6. The molecule has 0 N–H and O–H groups in total. The highest BCUT2D eigenvalue weighted by Gasteiger charge is 2.11. The van der Waals surface area contributed by atoms with E-state index in [0.29, 0.717) is 5.09 Å². The molecule has 1 aliphatic heterocycles. The number of nitrogens with zero attached hydrogens (tertiary/aromatic N) is 1. The van der Waals surface area contributed by atoms with Gasteiger partial charge in [-0.1, -0.05) is 0 Å². The second kappa shape index (κ2) is 4.17. The Morgan fingerprint density at radius 1 is 1.31 bits per heavy atom. The monoisotopic (exact) mass is 199 g/mol. The van der Waals surface area contributed by atoms with Gasteiger partial charge < -0.3 is 9.15 Å². The van der Waals surface area contributed by atoms with E-state index in [1.165, 1.54) is 0 Å². The van der Waals surface area contributed by atoms with Crippen molar-refractivity contribution in [3.63, 3.8) is 0 Å². The molecule has 1 fully saturated rings. The van der Waals surface area contributed by atoms with E-state index in [4.69, 9.17) is 9.15 Å². The smallest absolute Gasteiger partial charge is 0.157 e. The first-order chi connectivity index (χ1) is 6.34. The molecule has 0 bridgehead atoms. The SMILES string of the molecule is Sc1ccc(CN2CCOCC2)o1. The van der Waals surface area contributed by atoms with Crippen molar-refractivity contribution in [3.05, 3.63) is 17.9 Å². The summed E-state index contributed by atoms with van der Waals surface area (Å²) >= 11 is 4.11. The molecule has 0 unspecified atom stereocenters. The second-order valence-electron chi connectivity index (χ2n) is 3.13. The van der Waals surface area contributed by atoms with Crippen LogP contribution in [0.4, 0.5) is 0 Å². The van der Waals surface area contributed by atoms with Crippen molar-refractivity contribution < 1.29 is 9.15 Å². The van der Waals surface area contributed by atoms with Gasteiger partial charge in [0.2, 0.25) is 0 Å². The molecule has 2 rings (SSSR count). The Morgan fingerprint density at radius 2 is 2.08 bits per heavy atom. The van der Waals surface area contributed by atoms with Crippen LogP contribution in [-0.4, -0.2) is 31.2 Å². The summed E-state index contributed by atoms with van der Waals surface area (Å²) in [7, 11) is 0. The maximum Gasteiger partial charge on any atom is 0.157 e. The predicted octanol–water partition coefficient (Wildman–Crippen LogP) is 1.40. The van der Waals surface area contributed by atoms with Gasteiger partial charge in [-0.3, -0.25) is 4.90 Å². The van der Waals surface area contributed by atoms with Gasteiger partial charge in [-0.15, -0.1) is 12.6 Å². The molecule has 1 aromatic rings. The van der Waals surface area contributed by atoms with Crippen LogP contribution in [0.3, 0.4) is 0 Å². The van der Waals surface area contributed by atoms with Crippen molar-refractivity contribution in [1.29, 1.82) is 0 Å². The lowest BCUT2D eigenvalue weighted by Crippen LogP contribution is -2.35. The third-order valence-corrected chi connectivity index (χ3v) is 2.37. The summed E-state index contributed by atoms with van der Waals surface area (Å²) in [5, 5.41) is 0.684. The zero-order chi connectivity index (χ0) is 9.10. The van der Waals surface area contributed by atoms with Crippen LogP contribution in [0.25, 0.3) is 0 Å².